The van der Waals surface area contributed by atoms with E-state index in [4.69, 9.17) is 9.15 Å². The van der Waals surface area contributed by atoms with E-state index in [9.17, 15) is 4.79 Å². The third-order valence-corrected chi connectivity index (χ3v) is 3.44. The number of furan rings is 1. The minimum Gasteiger partial charge on any atom is -0.495 e. The van der Waals surface area contributed by atoms with Crippen LogP contribution in [-0.2, 0) is 6.54 Å². The van der Waals surface area contributed by atoms with Gasteiger partial charge in [-0.1, -0.05) is 18.2 Å². The number of urea groups is 1. The van der Waals surface area contributed by atoms with E-state index < -0.39 is 0 Å². The second-order valence-corrected chi connectivity index (χ2v) is 5.00. The van der Waals surface area contributed by atoms with Crippen LogP contribution in [0, 0.1) is 0 Å². The van der Waals surface area contributed by atoms with Crippen molar-refractivity contribution in [3.8, 4) is 17.2 Å². The van der Waals surface area contributed by atoms with Gasteiger partial charge in [0.05, 0.1) is 19.1 Å². The molecule has 0 saturated heterocycles. The number of rotatable bonds is 5. The van der Waals surface area contributed by atoms with Crippen molar-refractivity contribution in [3.05, 3.63) is 66.6 Å². The van der Waals surface area contributed by atoms with Crippen molar-refractivity contribution in [2.75, 3.05) is 12.4 Å². The SMILES string of the molecule is COc1ccccc1NC(=O)NCc1cccnc1-c1ccco1. The maximum absolute atomic E-state index is 12.1. The summed E-state index contributed by atoms with van der Waals surface area (Å²) in [5.74, 6) is 1.27. The van der Waals surface area contributed by atoms with Gasteiger partial charge in [-0.25, -0.2) is 4.79 Å². The fourth-order valence-electron chi connectivity index (χ4n) is 2.31. The first-order valence-electron chi connectivity index (χ1n) is 7.43. The van der Waals surface area contributed by atoms with Crippen molar-refractivity contribution in [2.45, 2.75) is 6.54 Å². The zero-order valence-electron chi connectivity index (χ0n) is 13.2. The third kappa shape index (κ3) is 3.55. The molecule has 0 aliphatic carbocycles. The largest absolute Gasteiger partial charge is 0.495 e. The minimum atomic E-state index is -0.325. The molecule has 2 heterocycles. The van der Waals surface area contributed by atoms with Gasteiger partial charge in [-0.2, -0.15) is 0 Å². The molecule has 2 N–H and O–H groups in total. The normalized spacial score (nSPS) is 10.2. The van der Waals surface area contributed by atoms with E-state index in [0.717, 1.165) is 5.56 Å². The number of hydrogen-bond acceptors (Lipinski definition) is 4. The van der Waals surface area contributed by atoms with E-state index in [1.807, 2.05) is 30.3 Å². The minimum absolute atomic E-state index is 0.324. The Hall–Kier alpha value is -3.28. The number of benzene rings is 1. The van der Waals surface area contributed by atoms with E-state index in [2.05, 4.69) is 15.6 Å². The van der Waals surface area contributed by atoms with Gasteiger partial charge in [0.2, 0.25) is 0 Å². The standard InChI is InChI=1S/C18H17N3O3/c1-23-15-8-3-2-7-14(15)21-18(22)20-12-13-6-4-10-19-17(13)16-9-5-11-24-16/h2-11H,12H2,1H3,(H2,20,21,22). The number of methoxy groups -OCH3 is 1. The first kappa shape index (κ1) is 15.6. The number of aromatic nitrogens is 1. The molecule has 1 aromatic carbocycles. The Labute approximate surface area is 139 Å². The fourth-order valence-corrected chi connectivity index (χ4v) is 2.31. The van der Waals surface area contributed by atoms with E-state index in [1.165, 1.54) is 0 Å². The molecule has 122 valence electrons. The Morgan fingerprint density at radius 2 is 2.04 bits per heavy atom. The van der Waals surface area contributed by atoms with Gasteiger partial charge in [-0.15, -0.1) is 0 Å². The monoisotopic (exact) mass is 323 g/mol. The molecule has 6 heteroatoms. The van der Waals surface area contributed by atoms with E-state index in [0.29, 0.717) is 29.4 Å². The van der Waals surface area contributed by atoms with Gasteiger partial charge in [0, 0.05) is 18.3 Å². The van der Waals surface area contributed by atoms with Crippen LogP contribution in [0.2, 0.25) is 0 Å². The predicted octanol–water partition coefficient (Wildman–Crippen LogP) is 3.67. The summed E-state index contributed by atoms with van der Waals surface area (Å²) in [4.78, 5) is 16.5. The van der Waals surface area contributed by atoms with Gasteiger partial charge in [-0.05, 0) is 30.3 Å². The maximum Gasteiger partial charge on any atom is 0.319 e. The van der Waals surface area contributed by atoms with Gasteiger partial charge < -0.3 is 19.8 Å². The summed E-state index contributed by atoms with van der Waals surface area (Å²) in [5, 5.41) is 5.58. The molecule has 0 spiro atoms. The van der Waals surface area contributed by atoms with Gasteiger partial charge >= 0.3 is 6.03 Å². The number of para-hydroxylation sites is 2. The number of hydrogen-bond donors (Lipinski definition) is 2. The molecule has 0 bridgehead atoms. The quantitative estimate of drug-likeness (QED) is 0.751. The lowest BCUT2D eigenvalue weighted by Gasteiger charge is -2.12. The number of anilines is 1. The molecule has 0 aliphatic rings. The van der Waals surface area contributed by atoms with Crippen molar-refractivity contribution in [2.24, 2.45) is 0 Å². The highest BCUT2D eigenvalue weighted by Crippen LogP contribution is 2.23. The molecule has 0 fully saturated rings. The first-order valence-corrected chi connectivity index (χ1v) is 7.43. The highest BCUT2D eigenvalue weighted by Gasteiger charge is 2.11. The number of pyridine rings is 1. The van der Waals surface area contributed by atoms with Crippen molar-refractivity contribution >= 4 is 11.7 Å². The highest BCUT2D eigenvalue weighted by molar-refractivity contribution is 5.90. The van der Waals surface area contributed by atoms with Crippen LogP contribution in [0.3, 0.4) is 0 Å². The Morgan fingerprint density at radius 1 is 1.17 bits per heavy atom. The van der Waals surface area contributed by atoms with Crippen LogP contribution in [0.5, 0.6) is 5.75 Å². The third-order valence-electron chi connectivity index (χ3n) is 3.44. The van der Waals surface area contributed by atoms with E-state index in [-0.39, 0.29) is 6.03 Å². The molecule has 0 unspecified atom stereocenters. The molecular formula is C18H17N3O3. The molecule has 0 aliphatic heterocycles. The summed E-state index contributed by atoms with van der Waals surface area (Å²) in [6.45, 7) is 0.324. The number of carbonyl (C=O) groups is 1. The molecule has 0 radical (unpaired) electrons. The van der Waals surface area contributed by atoms with Crippen molar-refractivity contribution in [3.63, 3.8) is 0 Å². The Balaban J connectivity index is 1.67. The lowest BCUT2D eigenvalue weighted by molar-refractivity contribution is 0.251. The molecule has 3 aromatic rings. The molecule has 3 rings (SSSR count). The fraction of sp³-hybridized carbons (Fsp3) is 0.111. The summed E-state index contributed by atoms with van der Waals surface area (Å²) in [7, 11) is 1.56. The molecule has 6 nitrogen and oxygen atoms in total. The number of ether oxygens (including phenoxy) is 1. The van der Waals surface area contributed by atoms with Gasteiger partial charge in [0.25, 0.3) is 0 Å². The summed E-state index contributed by atoms with van der Waals surface area (Å²) < 4.78 is 10.6. The second kappa shape index (κ2) is 7.32. The summed E-state index contributed by atoms with van der Waals surface area (Å²) in [6, 6.07) is 14.3. The average Bonchev–Trinajstić information content (AvgIpc) is 3.15. The second-order valence-electron chi connectivity index (χ2n) is 5.00. The number of carbonyl (C=O) groups excluding carboxylic acids is 1. The van der Waals surface area contributed by atoms with Crippen LogP contribution in [0.4, 0.5) is 10.5 Å². The van der Waals surface area contributed by atoms with E-state index >= 15 is 0 Å². The van der Waals surface area contributed by atoms with E-state index in [1.54, 1.807) is 37.8 Å². The van der Waals surface area contributed by atoms with Crippen LogP contribution in [-0.4, -0.2) is 18.1 Å². The number of nitrogens with zero attached hydrogens (tertiary/aromatic N) is 1. The van der Waals surface area contributed by atoms with Crippen molar-refractivity contribution in [1.82, 2.24) is 10.3 Å². The first-order chi connectivity index (χ1) is 11.8. The molecule has 2 aromatic heterocycles. The lowest BCUT2D eigenvalue weighted by Crippen LogP contribution is -2.28. The van der Waals surface area contributed by atoms with Crippen LogP contribution in [0.15, 0.2) is 65.4 Å². The van der Waals surface area contributed by atoms with Crippen LogP contribution in [0.25, 0.3) is 11.5 Å². The van der Waals surface area contributed by atoms with Crippen LogP contribution in [0.1, 0.15) is 5.56 Å². The zero-order valence-corrected chi connectivity index (χ0v) is 13.2. The Bertz CT molecular complexity index is 816. The summed E-state index contributed by atoms with van der Waals surface area (Å²) >= 11 is 0. The molecular weight excluding hydrogens is 306 g/mol. The van der Waals surface area contributed by atoms with Crippen LogP contribution >= 0.6 is 0 Å². The van der Waals surface area contributed by atoms with Gasteiger partial charge in [0.1, 0.15) is 11.4 Å². The van der Waals surface area contributed by atoms with Gasteiger partial charge in [0.15, 0.2) is 5.76 Å². The zero-order chi connectivity index (χ0) is 16.8. The lowest BCUT2D eigenvalue weighted by atomic mass is 10.1. The average molecular weight is 323 g/mol. The maximum atomic E-state index is 12.1. The molecule has 0 saturated carbocycles. The molecule has 2 amide bonds. The smallest absolute Gasteiger partial charge is 0.319 e. The summed E-state index contributed by atoms with van der Waals surface area (Å²) in [5.41, 5.74) is 2.18. The molecule has 0 atom stereocenters. The topological polar surface area (TPSA) is 76.4 Å². The van der Waals surface area contributed by atoms with Crippen LogP contribution < -0.4 is 15.4 Å². The summed E-state index contributed by atoms with van der Waals surface area (Å²) in [6.07, 6.45) is 3.28. The Morgan fingerprint density at radius 3 is 2.83 bits per heavy atom. The Kier molecular flexibility index (Phi) is 4.76. The number of amides is 2. The number of nitrogens with one attached hydrogen (secondary N) is 2. The van der Waals surface area contributed by atoms with Gasteiger partial charge in [-0.3, -0.25) is 4.98 Å². The van der Waals surface area contributed by atoms with Crippen molar-refractivity contribution < 1.29 is 13.9 Å². The molecule has 24 heavy (non-hydrogen) atoms. The van der Waals surface area contributed by atoms with Crippen molar-refractivity contribution in [1.29, 1.82) is 0 Å². The highest BCUT2D eigenvalue weighted by atomic mass is 16.5. The predicted molar refractivity (Wildman–Crippen MR) is 90.8 cm³/mol.